The van der Waals surface area contributed by atoms with E-state index in [-0.39, 0.29) is 11.8 Å². The maximum atomic E-state index is 12.8. The van der Waals surface area contributed by atoms with E-state index in [1.165, 1.54) is 5.56 Å². The molecule has 0 saturated heterocycles. The van der Waals surface area contributed by atoms with Crippen molar-refractivity contribution in [3.8, 4) is 17.2 Å². The first kappa shape index (κ1) is 24.1. The molecule has 1 atom stereocenters. The van der Waals surface area contributed by atoms with Crippen LogP contribution < -0.4 is 24.4 Å². The van der Waals surface area contributed by atoms with Gasteiger partial charge in [0.25, 0.3) is 5.91 Å². The summed E-state index contributed by atoms with van der Waals surface area (Å²) in [5, 5.41) is 2.91. The molecule has 0 aromatic heterocycles. The Hall–Kier alpha value is -4.00. The van der Waals surface area contributed by atoms with E-state index in [1.54, 1.807) is 31.1 Å². The van der Waals surface area contributed by atoms with Gasteiger partial charge in [0.2, 0.25) is 5.91 Å². The predicted octanol–water partition coefficient (Wildman–Crippen LogP) is 4.85. The predicted molar refractivity (Wildman–Crippen MR) is 135 cm³/mol. The summed E-state index contributed by atoms with van der Waals surface area (Å²) >= 11 is 0. The molecular weight excluding hydrogens is 444 g/mol. The zero-order valence-corrected chi connectivity index (χ0v) is 20.0. The molecule has 3 aromatic carbocycles. The van der Waals surface area contributed by atoms with Crippen LogP contribution >= 0.6 is 0 Å². The zero-order chi connectivity index (χ0) is 24.6. The van der Waals surface area contributed by atoms with E-state index in [0.717, 1.165) is 23.6 Å². The van der Waals surface area contributed by atoms with E-state index in [4.69, 9.17) is 14.2 Å². The Morgan fingerprint density at radius 1 is 1.03 bits per heavy atom. The number of ether oxygens (including phenoxy) is 3. The Morgan fingerprint density at radius 3 is 2.51 bits per heavy atom. The van der Waals surface area contributed by atoms with Crippen LogP contribution in [0.4, 0.5) is 11.4 Å². The van der Waals surface area contributed by atoms with Crippen LogP contribution in [0.5, 0.6) is 17.2 Å². The molecule has 0 saturated carbocycles. The molecule has 1 N–H and O–H groups in total. The van der Waals surface area contributed by atoms with Gasteiger partial charge in [0.15, 0.2) is 6.10 Å². The molecular formula is C28H30N2O5. The van der Waals surface area contributed by atoms with E-state index >= 15 is 0 Å². The highest BCUT2D eigenvalue weighted by molar-refractivity contribution is 6.00. The lowest BCUT2D eigenvalue weighted by Crippen LogP contribution is -2.45. The molecule has 4 rings (SSSR count). The van der Waals surface area contributed by atoms with Gasteiger partial charge in [-0.2, -0.15) is 0 Å². The van der Waals surface area contributed by atoms with Crippen molar-refractivity contribution in [2.75, 3.05) is 30.5 Å². The van der Waals surface area contributed by atoms with Crippen molar-refractivity contribution in [1.82, 2.24) is 0 Å². The average Bonchev–Trinajstić information content (AvgIpc) is 2.88. The Morgan fingerprint density at radius 2 is 1.77 bits per heavy atom. The number of methoxy groups -OCH3 is 1. The molecule has 35 heavy (non-hydrogen) atoms. The van der Waals surface area contributed by atoms with Gasteiger partial charge in [-0.25, -0.2) is 0 Å². The fourth-order valence-electron chi connectivity index (χ4n) is 3.92. The van der Waals surface area contributed by atoms with Gasteiger partial charge >= 0.3 is 0 Å². The summed E-state index contributed by atoms with van der Waals surface area (Å²) in [5.41, 5.74) is 2.52. The lowest BCUT2D eigenvalue weighted by Gasteiger charge is -2.33. The van der Waals surface area contributed by atoms with Crippen molar-refractivity contribution < 1.29 is 23.8 Å². The van der Waals surface area contributed by atoms with Crippen molar-refractivity contribution in [3.05, 3.63) is 78.4 Å². The second-order valence-electron chi connectivity index (χ2n) is 8.34. The summed E-state index contributed by atoms with van der Waals surface area (Å²) in [4.78, 5) is 27.0. The largest absolute Gasteiger partial charge is 0.497 e. The second kappa shape index (κ2) is 11.4. The number of carbonyl (C=O) groups excluding carboxylic acids is 2. The molecule has 0 spiro atoms. The first-order chi connectivity index (χ1) is 17.0. The Bertz CT molecular complexity index is 1150. The van der Waals surface area contributed by atoms with Crippen LogP contribution in [-0.4, -0.2) is 38.2 Å². The van der Waals surface area contributed by atoms with Crippen LogP contribution in [-0.2, 0) is 16.0 Å². The molecule has 1 heterocycles. The monoisotopic (exact) mass is 474 g/mol. The smallest absolute Gasteiger partial charge is 0.267 e. The molecule has 7 heteroatoms. The highest BCUT2D eigenvalue weighted by Gasteiger charge is 2.31. The van der Waals surface area contributed by atoms with Crippen LogP contribution in [0.25, 0.3) is 0 Å². The molecule has 3 aromatic rings. The molecule has 7 nitrogen and oxygen atoms in total. The summed E-state index contributed by atoms with van der Waals surface area (Å²) in [6.07, 6.45) is 1.07. The highest BCUT2D eigenvalue weighted by atomic mass is 16.5. The number of fused-ring (bicyclic) bond motifs is 1. The van der Waals surface area contributed by atoms with Crippen molar-refractivity contribution in [3.63, 3.8) is 0 Å². The number of hydrogen-bond donors (Lipinski definition) is 1. The molecule has 0 fully saturated rings. The normalized spacial score (nSPS) is 14.6. The van der Waals surface area contributed by atoms with Crippen molar-refractivity contribution >= 4 is 23.2 Å². The molecule has 1 aliphatic rings. The average molecular weight is 475 g/mol. The summed E-state index contributed by atoms with van der Waals surface area (Å²) in [5.74, 6) is 1.92. The van der Waals surface area contributed by atoms with Crippen molar-refractivity contribution in [2.24, 2.45) is 0 Å². The van der Waals surface area contributed by atoms with Gasteiger partial charge < -0.3 is 24.4 Å². The SMILES string of the molecule is COc1ccc(OCCCC(=O)Nc2ccc3c(c2)OC(C)C(=O)N3CCc2ccccc2)cc1. The lowest BCUT2D eigenvalue weighted by molar-refractivity contribution is -0.125. The van der Waals surface area contributed by atoms with E-state index in [1.807, 2.05) is 48.5 Å². The second-order valence-corrected chi connectivity index (χ2v) is 8.34. The van der Waals surface area contributed by atoms with E-state index in [9.17, 15) is 9.59 Å². The zero-order valence-electron chi connectivity index (χ0n) is 20.0. The van der Waals surface area contributed by atoms with Crippen molar-refractivity contribution in [2.45, 2.75) is 32.3 Å². The Balaban J connectivity index is 1.30. The fraction of sp³-hybridized carbons (Fsp3) is 0.286. The number of nitrogens with zero attached hydrogens (tertiary/aromatic N) is 1. The van der Waals surface area contributed by atoms with Crippen LogP contribution in [0.3, 0.4) is 0 Å². The van der Waals surface area contributed by atoms with Crippen LogP contribution in [0, 0.1) is 0 Å². The maximum Gasteiger partial charge on any atom is 0.267 e. The quantitative estimate of drug-likeness (QED) is 0.425. The number of carbonyl (C=O) groups is 2. The summed E-state index contributed by atoms with van der Waals surface area (Å²) in [6.45, 7) is 2.74. The summed E-state index contributed by atoms with van der Waals surface area (Å²) < 4.78 is 16.6. The Labute approximate surface area is 205 Å². The number of anilines is 2. The van der Waals surface area contributed by atoms with Gasteiger partial charge in [0, 0.05) is 24.7 Å². The third-order valence-electron chi connectivity index (χ3n) is 5.80. The molecule has 1 unspecified atom stereocenters. The highest BCUT2D eigenvalue weighted by Crippen LogP contribution is 2.36. The first-order valence-corrected chi connectivity index (χ1v) is 11.8. The maximum absolute atomic E-state index is 12.8. The molecule has 2 amide bonds. The summed E-state index contributed by atoms with van der Waals surface area (Å²) in [6, 6.07) is 22.8. The molecule has 1 aliphatic heterocycles. The minimum absolute atomic E-state index is 0.0675. The number of nitrogens with one attached hydrogen (secondary N) is 1. The fourth-order valence-corrected chi connectivity index (χ4v) is 3.92. The number of amides is 2. The van der Waals surface area contributed by atoms with Gasteiger partial charge in [-0.15, -0.1) is 0 Å². The van der Waals surface area contributed by atoms with Gasteiger partial charge in [0.05, 0.1) is 19.4 Å². The molecule has 0 aliphatic carbocycles. The van der Waals surface area contributed by atoms with Gasteiger partial charge in [-0.05, 0) is 61.7 Å². The number of rotatable bonds is 10. The molecule has 0 bridgehead atoms. The van der Waals surface area contributed by atoms with E-state index in [2.05, 4.69) is 17.4 Å². The van der Waals surface area contributed by atoms with Gasteiger partial charge in [0.1, 0.15) is 17.2 Å². The van der Waals surface area contributed by atoms with Crippen LogP contribution in [0.15, 0.2) is 72.8 Å². The Kier molecular flexibility index (Phi) is 7.88. The molecule has 182 valence electrons. The van der Waals surface area contributed by atoms with Crippen molar-refractivity contribution in [1.29, 1.82) is 0 Å². The lowest BCUT2D eigenvalue weighted by atomic mass is 10.1. The topological polar surface area (TPSA) is 77.1 Å². The third-order valence-corrected chi connectivity index (χ3v) is 5.80. The van der Waals surface area contributed by atoms with E-state index < -0.39 is 6.10 Å². The van der Waals surface area contributed by atoms with Crippen LogP contribution in [0.1, 0.15) is 25.3 Å². The molecule has 0 radical (unpaired) electrons. The van der Waals surface area contributed by atoms with Crippen LogP contribution in [0.2, 0.25) is 0 Å². The minimum atomic E-state index is -0.584. The van der Waals surface area contributed by atoms with E-state index in [0.29, 0.717) is 37.4 Å². The first-order valence-electron chi connectivity index (χ1n) is 11.8. The third kappa shape index (κ3) is 6.32. The number of benzene rings is 3. The van der Waals surface area contributed by atoms with Gasteiger partial charge in [-0.3, -0.25) is 9.59 Å². The standard InChI is InChI=1S/C28H30N2O5/c1-20-28(32)30(17-16-21-7-4-3-5-8-21)25-15-10-22(19-26(25)35-20)29-27(31)9-6-18-34-24-13-11-23(33-2)12-14-24/h3-5,7-8,10-15,19-20H,6,9,16-18H2,1-2H3,(H,29,31). The minimum Gasteiger partial charge on any atom is -0.497 e. The van der Waals surface area contributed by atoms with Gasteiger partial charge in [-0.1, -0.05) is 30.3 Å². The summed E-state index contributed by atoms with van der Waals surface area (Å²) in [7, 11) is 1.62. The number of hydrogen-bond acceptors (Lipinski definition) is 5.